The lowest BCUT2D eigenvalue weighted by molar-refractivity contribution is 0.484. The molecule has 0 bridgehead atoms. The molecular formula is C22H16N2O4S. The van der Waals surface area contributed by atoms with Crippen LogP contribution in [0.4, 0.5) is 5.69 Å². The second-order valence-corrected chi connectivity index (χ2v) is 7.56. The van der Waals surface area contributed by atoms with E-state index < -0.39 is 0 Å². The number of furan rings is 1. The topological polar surface area (TPSA) is 80.9 Å². The molecule has 0 amide bonds. The largest absolute Gasteiger partial charge is 0.506 e. The molecule has 5 aromatic rings. The summed E-state index contributed by atoms with van der Waals surface area (Å²) < 4.78 is 13.4. The fraction of sp³-hybridized carbons (Fsp3) is 0.0909. The van der Waals surface area contributed by atoms with E-state index in [0.29, 0.717) is 27.2 Å². The van der Waals surface area contributed by atoms with E-state index in [-0.39, 0.29) is 22.1 Å². The molecule has 7 heteroatoms. The summed E-state index contributed by atoms with van der Waals surface area (Å²) in [6.07, 6.45) is 1.46. The van der Waals surface area contributed by atoms with Crippen molar-refractivity contribution in [1.82, 2.24) is 4.57 Å². The Balaban J connectivity index is 1.87. The number of aromatic hydroxyl groups is 1. The molecule has 2 aromatic carbocycles. The zero-order chi connectivity index (χ0) is 20.1. The lowest BCUT2D eigenvalue weighted by atomic mass is 10.1. The highest BCUT2D eigenvalue weighted by Crippen LogP contribution is 2.41. The predicted molar refractivity (Wildman–Crippen MR) is 113 cm³/mol. The van der Waals surface area contributed by atoms with Crippen LogP contribution in [0.3, 0.4) is 0 Å². The molecule has 0 aliphatic heterocycles. The van der Waals surface area contributed by atoms with Gasteiger partial charge in [0.25, 0.3) is 0 Å². The summed E-state index contributed by atoms with van der Waals surface area (Å²) in [5.41, 5.74) is 2.75. The number of benzene rings is 2. The normalized spacial score (nSPS) is 12.3. The maximum atomic E-state index is 12.6. The van der Waals surface area contributed by atoms with Crippen molar-refractivity contribution in [2.75, 3.05) is 0 Å². The van der Waals surface area contributed by atoms with E-state index >= 15 is 0 Å². The number of phenols is 1. The van der Waals surface area contributed by atoms with E-state index in [1.165, 1.54) is 23.7 Å². The quantitative estimate of drug-likeness (QED) is 0.456. The SMILES string of the molecule is Cc1cc(=O)c2c(O)c3ccoc3c(N=c3scc(-c4ccccc4)n3C)c2o1. The van der Waals surface area contributed by atoms with Gasteiger partial charge in [0.15, 0.2) is 27.1 Å². The second kappa shape index (κ2) is 6.49. The molecule has 3 heterocycles. The molecule has 5 rings (SSSR count). The maximum absolute atomic E-state index is 12.6. The first-order chi connectivity index (χ1) is 14.0. The van der Waals surface area contributed by atoms with Crippen LogP contribution in [0.5, 0.6) is 5.75 Å². The third kappa shape index (κ3) is 2.70. The van der Waals surface area contributed by atoms with Gasteiger partial charge in [0, 0.05) is 18.5 Å². The molecule has 0 radical (unpaired) electrons. The number of fused-ring (bicyclic) bond motifs is 2. The fourth-order valence-corrected chi connectivity index (χ4v) is 4.37. The number of nitrogens with zero attached hydrogens (tertiary/aromatic N) is 2. The molecule has 0 unspecified atom stereocenters. The van der Waals surface area contributed by atoms with Crippen molar-refractivity contribution in [2.45, 2.75) is 6.92 Å². The third-order valence-electron chi connectivity index (χ3n) is 4.86. The number of aromatic nitrogens is 1. The lowest BCUT2D eigenvalue weighted by Crippen LogP contribution is -2.11. The Bertz CT molecular complexity index is 1500. The fourth-order valence-electron chi connectivity index (χ4n) is 3.46. The molecule has 6 nitrogen and oxygen atoms in total. The van der Waals surface area contributed by atoms with Gasteiger partial charge in [-0.05, 0) is 18.6 Å². The Kier molecular flexibility index (Phi) is 3.92. The Morgan fingerprint density at radius 1 is 1.14 bits per heavy atom. The third-order valence-corrected chi connectivity index (χ3v) is 5.78. The van der Waals surface area contributed by atoms with E-state index in [4.69, 9.17) is 13.8 Å². The maximum Gasteiger partial charge on any atom is 0.196 e. The molecule has 1 N–H and O–H groups in total. The average Bonchev–Trinajstić information content (AvgIpc) is 3.33. The summed E-state index contributed by atoms with van der Waals surface area (Å²) in [6.45, 7) is 1.69. The molecule has 0 aliphatic carbocycles. The van der Waals surface area contributed by atoms with Crippen LogP contribution in [0.1, 0.15) is 5.76 Å². The van der Waals surface area contributed by atoms with Crippen LogP contribution in [0.15, 0.2) is 72.7 Å². The van der Waals surface area contributed by atoms with E-state index in [9.17, 15) is 9.90 Å². The number of rotatable bonds is 2. The van der Waals surface area contributed by atoms with Gasteiger partial charge < -0.3 is 18.5 Å². The second-order valence-electron chi connectivity index (χ2n) is 6.73. The average molecular weight is 404 g/mol. The van der Waals surface area contributed by atoms with Gasteiger partial charge in [0.1, 0.15) is 16.9 Å². The monoisotopic (exact) mass is 404 g/mol. The molecule has 0 atom stereocenters. The van der Waals surface area contributed by atoms with Crippen molar-refractivity contribution in [3.8, 4) is 17.0 Å². The highest BCUT2D eigenvalue weighted by molar-refractivity contribution is 7.07. The highest BCUT2D eigenvalue weighted by atomic mass is 32.1. The predicted octanol–water partition coefficient (Wildman–Crippen LogP) is 4.85. The summed E-state index contributed by atoms with van der Waals surface area (Å²) in [5.74, 6) is 0.279. The summed E-state index contributed by atoms with van der Waals surface area (Å²) >= 11 is 1.47. The van der Waals surface area contributed by atoms with Gasteiger partial charge in [-0.1, -0.05) is 30.3 Å². The van der Waals surface area contributed by atoms with Gasteiger partial charge in [-0.25, -0.2) is 4.99 Å². The Morgan fingerprint density at radius 2 is 1.93 bits per heavy atom. The van der Waals surface area contributed by atoms with Crippen LogP contribution in [0, 0.1) is 6.92 Å². The molecule has 144 valence electrons. The Morgan fingerprint density at radius 3 is 2.72 bits per heavy atom. The van der Waals surface area contributed by atoms with Crippen molar-refractivity contribution < 1.29 is 13.9 Å². The first kappa shape index (κ1) is 17.5. The zero-order valence-electron chi connectivity index (χ0n) is 15.7. The van der Waals surface area contributed by atoms with Crippen LogP contribution in [-0.2, 0) is 7.05 Å². The van der Waals surface area contributed by atoms with Gasteiger partial charge in [0.2, 0.25) is 0 Å². The van der Waals surface area contributed by atoms with Crippen LogP contribution >= 0.6 is 11.3 Å². The van der Waals surface area contributed by atoms with Gasteiger partial charge in [0.05, 0.1) is 17.3 Å². The first-order valence-electron chi connectivity index (χ1n) is 8.96. The molecule has 0 aliphatic rings. The highest BCUT2D eigenvalue weighted by Gasteiger charge is 2.20. The van der Waals surface area contributed by atoms with Crippen LogP contribution in [0.25, 0.3) is 33.2 Å². The zero-order valence-corrected chi connectivity index (χ0v) is 16.5. The van der Waals surface area contributed by atoms with Gasteiger partial charge >= 0.3 is 0 Å². The van der Waals surface area contributed by atoms with Crippen molar-refractivity contribution >= 4 is 39.0 Å². The molecule has 3 aromatic heterocycles. The van der Waals surface area contributed by atoms with E-state index in [1.807, 2.05) is 47.3 Å². The van der Waals surface area contributed by atoms with Crippen molar-refractivity contribution in [3.63, 3.8) is 0 Å². The minimum atomic E-state index is -0.318. The minimum Gasteiger partial charge on any atom is -0.506 e. The van der Waals surface area contributed by atoms with Gasteiger partial charge in [-0.3, -0.25) is 4.79 Å². The smallest absolute Gasteiger partial charge is 0.196 e. The van der Waals surface area contributed by atoms with Gasteiger partial charge in [-0.15, -0.1) is 11.3 Å². The summed E-state index contributed by atoms with van der Waals surface area (Å²) in [6, 6.07) is 13.0. The van der Waals surface area contributed by atoms with E-state index in [1.54, 1.807) is 13.0 Å². The molecule has 0 spiro atoms. The van der Waals surface area contributed by atoms with Crippen molar-refractivity contribution in [3.05, 3.63) is 74.9 Å². The minimum absolute atomic E-state index is 0.103. The van der Waals surface area contributed by atoms with Crippen molar-refractivity contribution in [2.24, 2.45) is 12.0 Å². The molecule has 0 saturated heterocycles. The van der Waals surface area contributed by atoms with E-state index in [0.717, 1.165) is 11.3 Å². The molecule has 0 saturated carbocycles. The number of thiazole rings is 1. The van der Waals surface area contributed by atoms with Gasteiger partial charge in [-0.2, -0.15) is 0 Å². The molecule has 0 fully saturated rings. The number of phenolic OH excluding ortho intramolecular Hbond substituents is 1. The summed E-state index contributed by atoms with van der Waals surface area (Å²) in [5, 5.41) is 13.2. The van der Waals surface area contributed by atoms with E-state index in [2.05, 4.69) is 0 Å². The van der Waals surface area contributed by atoms with Crippen LogP contribution in [-0.4, -0.2) is 9.67 Å². The Labute approximate surface area is 168 Å². The van der Waals surface area contributed by atoms with Crippen LogP contribution in [0.2, 0.25) is 0 Å². The number of hydrogen-bond donors (Lipinski definition) is 1. The molecular weight excluding hydrogens is 388 g/mol. The standard InChI is InChI=1S/C22H16N2O4S/c1-12-10-16(25)17-19(26)14-8-9-27-20(14)18(21(17)28-12)23-22-24(2)15(11-29-22)13-6-4-3-5-7-13/h3-11,26H,1-2H3. The molecule has 29 heavy (non-hydrogen) atoms. The van der Waals surface area contributed by atoms with Crippen LogP contribution < -0.4 is 10.2 Å². The lowest BCUT2D eigenvalue weighted by Gasteiger charge is -2.06. The first-order valence-corrected chi connectivity index (χ1v) is 9.84. The Hall–Kier alpha value is -3.58. The van der Waals surface area contributed by atoms with Crippen molar-refractivity contribution in [1.29, 1.82) is 0 Å². The number of hydrogen-bond acceptors (Lipinski definition) is 6. The summed E-state index contributed by atoms with van der Waals surface area (Å²) in [7, 11) is 1.93. The number of aryl methyl sites for hydroxylation is 1. The summed E-state index contributed by atoms with van der Waals surface area (Å²) in [4.78, 5) is 18.0.